The zero-order valence-corrected chi connectivity index (χ0v) is 17.7. The van der Waals surface area contributed by atoms with E-state index in [1.54, 1.807) is 29.2 Å². The highest BCUT2D eigenvalue weighted by molar-refractivity contribution is 6.30. The Morgan fingerprint density at radius 2 is 1.80 bits per heavy atom. The molecule has 0 saturated carbocycles. The van der Waals surface area contributed by atoms with E-state index in [1.165, 1.54) is 14.0 Å². The third kappa shape index (κ3) is 5.17. The second-order valence-corrected chi connectivity index (χ2v) is 8.11. The van der Waals surface area contributed by atoms with Gasteiger partial charge in [-0.3, -0.25) is 9.59 Å². The van der Waals surface area contributed by atoms with E-state index in [0.29, 0.717) is 18.0 Å². The van der Waals surface area contributed by atoms with Crippen molar-refractivity contribution in [2.24, 2.45) is 5.92 Å². The van der Waals surface area contributed by atoms with Crippen LogP contribution in [0.3, 0.4) is 0 Å². The summed E-state index contributed by atoms with van der Waals surface area (Å²) in [6.45, 7) is 2.14. The van der Waals surface area contributed by atoms with Gasteiger partial charge in [0.15, 0.2) is 0 Å². The van der Waals surface area contributed by atoms with Crippen LogP contribution in [0.4, 0.5) is 8.78 Å². The van der Waals surface area contributed by atoms with E-state index in [4.69, 9.17) is 16.3 Å². The summed E-state index contributed by atoms with van der Waals surface area (Å²) in [5.41, 5.74) is 0.783. The standard InChI is InChI=1S/C23H24ClF2NO3/c1-14(28)27-8-7-20(23-21(25)11-19(30-2)12-22(23)26)16(13-27)10-18(29)9-15-3-5-17(24)6-4-15/h3-6,11-12,16,20H,7-10,13H2,1-2H3/t16-,20-/m1/s1. The van der Waals surface area contributed by atoms with Crippen LogP contribution in [0, 0.1) is 17.6 Å². The Hall–Kier alpha value is -2.47. The highest BCUT2D eigenvalue weighted by Gasteiger charge is 2.36. The second-order valence-electron chi connectivity index (χ2n) is 7.67. The summed E-state index contributed by atoms with van der Waals surface area (Å²) in [6.07, 6.45) is 0.717. The summed E-state index contributed by atoms with van der Waals surface area (Å²) < 4.78 is 34.4. The molecule has 1 amide bonds. The van der Waals surface area contributed by atoms with Crippen molar-refractivity contribution in [2.75, 3.05) is 20.2 Å². The van der Waals surface area contributed by atoms with Gasteiger partial charge in [0.05, 0.1) is 7.11 Å². The van der Waals surface area contributed by atoms with E-state index in [9.17, 15) is 18.4 Å². The number of hydrogen-bond donors (Lipinski definition) is 0. The highest BCUT2D eigenvalue weighted by Crippen LogP contribution is 2.39. The van der Waals surface area contributed by atoms with Gasteiger partial charge in [-0.15, -0.1) is 0 Å². The number of hydrogen-bond acceptors (Lipinski definition) is 3. The van der Waals surface area contributed by atoms with Crippen molar-refractivity contribution in [2.45, 2.75) is 32.1 Å². The minimum Gasteiger partial charge on any atom is -0.497 e. The van der Waals surface area contributed by atoms with Crippen LogP contribution in [-0.2, 0) is 16.0 Å². The number of ketones is 1. The number of ether oxygens (including phenoxy) is 1. The molecule has 0 aliphatic carbocycles. The molecule has 1 aliphatic rings. The van der Waals surface area contributed by atoms with Crippen LogP contribution in [0.25, 0.3) is 0 Å². The van der Waals surface area contributed by atoms with Crippen LogP contribution in [0.15, 0.2) is 36.4 Å². The van der Waals surface area contributed by atoms with Crippen molar-refractivity contribution >= 4 is 23.3 Å². The maximum atomic E-state index is 14.7. The van der Waals surface area contributed by atoms with Gasteiger partial charge in [0.2, 0.25) is 5.91 Å². The lowest BCUT2D eigenvalue weighted by Gasteiger charge is -2.38. The third-order valence-corrected chi connectivity index (χ3v) is 5.89. The largest absolute Gasteiger partial charge is 0.497 e. The molecule has 2 aromatic rings. The molecule has 4 nitrogen and oxygen atoms in total. The average Bonchev–Trinajstić information content (AvgIpc) is 2.70. The van der Waals surface area contributed by atoms with Crippen molar-refractivity contribution < 1.29 is 23.1 Å². The molecule has 1 saturated heterocycles. The van der Waals surface area contributed by atoms with Gasteiger partial charge in [-0.25, -0.2) is 8.78 Å². The molecule has 160 valence electrons. The van der Waals surface area contributed by atoms with Crippen LogP contribution >= 0.6 is 11.6 Å². The Kier molecular flexibility index (Phi) is 7.08. The molecule has 1 aliphatic heterocycles. The molecule has 2 atom stereocenters. The Bertz CT molecular complexity index is 910. The molecule has 30 heavy (non-hydrogen) atoms. The minimum absolute atomic E-state index is 0.0386. The number of rotatable bonds is 6. The summed E-state index contributed by atoms with van der Waals surface area (Å²) in [5, 5.41) is 0.584. The smallest absolute Gasteiger partial charge is 0.219 e. The number of Topliss-reactive ketones (excluding diaryl/α,β-unsaturated/α-hetero) is 1. The number of methoxy groups -OCH3 is 1. The molecule has 0 spiro atoms. The lowest BCUT2D eigenvalue weighted by atomic mass is 9.77. The van der Waals surface area contributed by atoms with E-state index < -0.39 is 17.6 Å². The summed E-state index contributed by atoms with van der Waals surface area (Å²) in [6, 6.07) is 9.30. The third-order valence-electron chi connectivity index (χ3n) is 5.64. The predicted molar refractivity (Wildman–Crippen MR) is 111 cm³/mol. The normalized spacial score (nSPS) is 18.9. The maximum absolute atomic E-state index is 14.7. The number of carbonyl (C=O) groups is 2. The Labute approximate surface area is 179 Å². The highest BCUT2D eigenvalue weighted by atomic mass is 35.5. The number of piperidine rings is 1. The van der Waals surface area contributed by atoms with Crippen LogP contribution in [0.5, 0.6) is 5.75 Å². The molecule has 1 fully saturated rings. The second kappa shape index (κ2) is 9.56. The van der Waals surface area contributed by atoms with Gasteiger partial charge >= 0.3 is 0 Å². The number of halogens is 3. The number of likely N-dealkylation sites (tertiary alicyclic amines) is 1. The Balaban J connectivity index is 1.84. The fourth-order valence-corrected chi connectivity index (χ4v) is 4.26. The molecular formula is C23H24ClF2NO3. The first-order chi connectivity index (χ1) is 14.3. The van der Waals surface area contributed by atoms with Crippen molar-refractivity contribution in [3.05, 3.63) is 64.2 Å². The minimum atomic E-state index is -0.691. The summed E-state index contributed by atoms with van der Waals surface area (Å²) >= 11 is 5.89. The van der Waals surface area contributed by atoms with Gasteiger partial charge in [0.1, 0.15) is 23.2 Å². The fourth-order valence-electron chi connectivity index (χ4n) is 4.13. The Morgan fingerprint density at radius 3 is 2.37 bits per heavy atom. The Morgan fingerprint density at radius 1 is 1.17 bits per heavy atom. The van der Waals surface area contributed by atoms with Crippen molar-refractivity contribution in [1.29, 1.82) is 0 Å². The molecular weight excluding hydrogens is 412 g/mol. The van der Waals surface area contributed by atoms with Gasteiger partial charge in [-0.05, 0) is 36.0 Å². The molecule has 2 aromatic carbocycles. The monoisotopic (exact) mass is 435 g/mol. The molecule has 0 bridgehead atoms. The van der Waals surface area contributed by atoms with Crippen molar-refractivity contribution in [3.8, 4) is 5.75 Å². The first kappa shape index (κ1) is 22.2. The quantitative estimate of drug-likeness (QED) is 0.656. The summed E-state index contributed by atoms with van der Waals surface area (Å²) in [4.78, 5) is 26.3. The molecule has 7 heteroatoms. The van der Waals surface area contributed by atoms with Crippen molar-refractivity contribution in [1.82, 2.24) is 4.90 Å². The lowest BCUT2D eigenvalue weighted by Crippen LogP contribution is -2.43. The predicted octanol–water partition coefficient (Wildman–Crippen LogP) is 4.78. The van der Waals surface area contributed by atoms with E-state index in [1.807, 2.05) is 0 Å². The molecule has 0 unspecified atom stereocenters. The van der Waals surface area contributed by atoms with Crippen LogP contribution in [0.1, 0.15) is 36.8 Å². The first-order valence-electron chi connectivity index (χ1n) is 9.83. The van der Waals surface area contributed by atoms with Gasteiger partial charge in [-0.2, -0.15) is 0 Å². The van der Waals surface area contributed by atoms with E-state index >= 15 is 0 Å². The lowest BCUT2D eigenvalue weighted by molar-refractivity contribution is -0.132. The van der Waals surface area contributed by atoms with Gasteiger partial charge in [0, 0.05) is 55.6 Å². The SMILES string of the molecule is COc1cc(F)c([C@@H]2CCN(C(C)=O)C[C@H]2CC(=O)Cc2ccc(Cl)cc2)c(F)c1. The van der Waals surface area contributed by atoms with Gasteiger partial charge in [0.25, 0.3) is 0 Å². The summed E-state index contributed by atoms with van der Waals surface area (Å²) in [7, 11) is 1.34. The zero-order valence-electron chi connectivity index (χ0n) is 17.0. The van der Waals surface area contributed by atoms with Crippen LogP contribution < -0.4 is 4.74 Å². The van der Waals surface area contributed by atoms with Gasteiger partial charge in [-0.1, -0.05) is 23.7 Å². The number of carbonyl (C=O) groups excluding carboxylic acids is 2. The molecule has 0 radical (unpaired) electrons. The van der Waals surface area contributed by atoms with E-state index in [-0.39, 0.29) is 48.3 Å². The number of benzene rings is 2. The summed E-state index contributed by atoms with van der Waals surface area (Å²) in [5.74, 6) is -2.32. The zero-order chi connectivity index (χ0) is 21.8. The fraction of sp³-hybridized carbons (Fsp3) is 0.391. The number of nitrogens with zero attached hydrogens (tertiary/aromatic N) is 1. The van der Waals surface area contributed by atoms with Crippen LogP contribution in [0.2, 0.25) is 5.02 Å². The molecule has 3 rings (SSSR count). The molecule has 1 heterocycles. The van der Waals surface area contributed by atoms with E-state index in [0.717, 1.165) is 17.7 Å². The van der Waals surface area contributed by atoms with Gasteiger partial charge < -0.3 is 9.64 Å². The van der Waals surface area contributed by atoms with Crippen molar-refractivity contribution in [3.63, 3.8) is 0 Å². The van der Waals surface area contributed by atoms with E-state index in [2.05, 4.69) is 0 Å². The number of amides is 1. The topological polar surface area (TPSA) is 46.6 Å². The molecule has 0 N–H and O–H groups in total. The first-order valence-corrected chi connectivity index (χ1v) is 10.2. The maximum Gasteiger partial charge on any atom is 0.219 e. The van der Waals surface area contributed by atoms with Crippen LogP contribution in [-0.4, -0.2) is 36.8 Å². The molecule has 0 aromatic heterocycles. The average molecular weight is 436 g/mol.